The van der Waals surface area contributed by atoms with Crippen LogP contribution >= 0.6 is 11.8 Å². The second-order valence-electron chi connectivity index (χ2n) is 9.95. The molecule has 32 heavy (non-hydrogen) atoms. The third kappa shape index (κ3) is 8.38. The zero-order valence-electron chi connectivity index (χ0n) is 20.9. The highest BCUT2D eigenvalue weighted by Gasteiger charge is 2.18. The van der Waals surface area contributed by atoms with Gasteiger partial charge in [0.25, 0.3) is 0 Å². The van der Waals surface area contributed by atoms with Gasteiger partial charge in [-0.2, -0.15) is 5.10 Å². The van der Waals surface area contributed by atoms with E-state index in [1.807, 2.05) is 25.5 Å². The van der Waals surface area contributed by atoms with Crippen molar-refractivity contribution in [1.82, 2.24) is 15.1 Å². The Morgan fingerprint density at radius 2 is 1.75 bits per heavy atom. The van der Waals surface area contributed by atoms with Crippen LogP contribution in [-0.2, 0) is 24.1 Å². The number of alkyl carbamates (subject to hydrolysis) is 1. The van der Waals surface area contributed by atoms with Crippen molar-refractivity contribution < 1.29 is 9.53 Å². The summed E-state index contributed by atoms with van der Waals surface area (Å²) in [5, 5.41) is 7.66. The predicted molar refractivity (Wildman–Crippen MR) is 134 cm³/mol. The lowest BCUT2D eigenvalue weighted by atomic mass is 9.95. The van der Waals surface area contributed by atoms with Crippen molar-refractivity contribution in [2.45, 2.75) is 90.2 Å². The first-order valence-electron chi connectivity index (χ1n) is 11.4. The number of aromatic nitrogens is 2. The van der Waals surface area contributed by atoms with Gasteiger partial charge in [0.15, 0.2) is 0 Å². The minimum absolute atomic E-state index is 0.173. The Morgan fingerprint density at radius 1 is 1.09 bits per heavy atom. The van der Waals surface area contributed by atoms with Gasteiger partial charge in [-0.1, -0.05) is 70.7 Å². The first kappa shape index (κ1) is 26.0. The van der Waals surface area contributed by atoms with E-state index in [0.29, 0.717) is 13.1 Å². The second-order valence-corrected chi connectivity index (χ2v) is 11.0. The van der Waals surface area contributed by atoms with Crippen LogP contribution in [0.5, 0.6) is 0 Å². The number of nitrogens with zero attached hydrogens (tertiary/aromatic N) is 2. The summed E-state index contributed by atoms with van der Waals surface area (Å²) in [4.78, 5) is 14.4. The summed E-state index contributed by atoms with van der Waals surface area (Å²) in [6, 6.07) is 8.68. The van der Waals surface area contributed by atoms with E-state index in [-0.39, 0.29) is 5.41 Å². The normalized spacial score (nSPS) is 12.4. The summed E-state index contributed by atoms with van der Waals surface area (Å²) < 4.78 is 7.34. The summed E-state index contributed by atoms with van der Waals surface area (Å²) in [7, 11) is 0. The van der Waals surface area contributed by atoms with Gasteiger partial charge in [-0.25, -0.2) is 4.79 Å². The minimum Gasteiger partial charge on any atom is -0.444 e. The van der Waals surface area contributed by atoms with Crippen LogP contribution in [0.3, 0.4) is 0 Å². The molecule has 1 amide bonds. The SMILES string of the molecule is CCc1nn(CCNC(=O)OC(C)(C)C)c(CC)c1Sc1ccc(C=CC(C)(C)C)cc1. The molecule has 0 radical (unpaired) electrons. The lowest BCUT2D eigenvalue weighted by Crippen LogP contribution is -2.34. The zero-order chi connectivity index (χ0) is 23.9. The van der Waals surface area contributed by atoms with Gasteiger partial charge in [-0.3, -0.25) is 4.68 Å². The maximum atomic E-state index is 11.9. The summed E-state index contributed by atoms with van der Waals surface area (Å²) in [6.45, 7) is 17.6. The number of aryl methyl sites for hydroxylation is 1. The van der Waals surface area contributed by atoms with E-state index in [4.69, 9.17) is 9.84 Å². The van der Waals surface area contributed by atoms with Crippen LogP contribution in [0.25, 0.3) is 6.08 Å². The molecule has 5 nitrogen and oxygen atoms in total. The largest absolute Gasteiger partial charge is 0.444 e. The van der Waals surface area contributed by atoms with Crippen molar-refractivity contribution in [2.24, 2.45) is 5.41 Å². The van der Waals surface area contributed by atoms with Gasteiger partial charge < -0.3 is 10.1 Å². The molecule has 0 aliphatic rings. The van der Waals surface area contributed by atoms with Crippen LogP contribution < -0.4 is 5.32 Å². The number of carbonyl (C=O) groups is 1. The third-order valence-electron chi connectivity index (χ3n) is 4.61. The maximum absolute atomic E-state index is 11.9. The molecular formula is C26H39N3O2S. The van der Waals surface area contributed by atoms with E-state index < -0.39 is 11.7 Å². The molecule has 0 atom stereocenters. The van der Waals surface area contributed by atoms with E-state index in [0.717, 1.165) is 18.5 Å². The van der Waals surface area contributed by atoms with Gasteiger partial charge in [0.1, 0.15) is 5.60 Å². The number of carbonyl (C=O) groups excluding carboxylic acids is 1. The Labute approximate surface area is 198 Å². The van der Waals surface area contributed by atoms with E-state index in [9.17, 15) is 4.79 Å². The predicted octanol–water partition coefficient (Wildman–Crippen LogP) is 6.74. The number of allylic oxidation sites excluding steroid dienone is 1. The van der Waals surface area contributed by atoms with Crippen LogP contribution in [0, 0.1) is 5.41 Å². The van der Waals surface area contributed by atoms with Crippen molar-refractivity contribution in [3.05, 3.63) is 47.3 Å². The number of hydrogen-bond acceptors (Lipinski definition) is 4. The monoisotopic (exact) mass is 457 g/mol. The molecule has 0 aliphatic heterocycles. The molecule has 1 heterocycles. The van der Waals surface area contributed by atoms with Crippen molar-refractivity contribution in [2.75, 3.05) is 6.54 Å². The highest BCUT2D eigenvalue weighted by Crippen LogP contribution is 2.34. The van der Waals surface area contributed by atoms with Crippen LogP contribution in [-0.4, -0.2) is 28.0 Å². The summed E-state index contributed by atoms with van der Waals surface area (Å²) in [5.41, 5.74) is 3.18. The van der Waals surface area contributed by atoms with Gasteiger partial charge in [-0.05, 0) is 56.7 Å². The Bertz CT molecular complexity index is 916. The van der Waals surface area contributed by atoms with Crippen molar-refractivity contribution in [3.8, 4) is 0 Å². The highest BCUT2D eigenvalue weighted by molar-refractivity contribution is 7.99. The van der Waals surface area contributed by atoms with Crippen molar-refractivity contribution in [3.63, 3.8) is 0 Å². The molecule has 2 aromatic rings. The van der Waals surface area contributed by atoms with E-state index in [1.54, 1.807) is 11.8 Å². The van der Waals surface area contributed by atoms with Crippen LogP contribution in [0.2, 0.25) is 0 Å². The Balaban J connectivity index is 2.11. The van der Waals surface area contributed by atoms with Gasteiger partial charge in [0.05, 0.1) is 22.8 Å². The standard InChI is InChI=1S/C26H39N3O2S/c1-9-21-23(32-20-13-11-19(12-14-20)15-16-25(3,4)5)22(10-2)29(28-21)18-17-27-24(30)31-26(6,7)8/h11-16H,9-10,17-18H2,1-8H3,(H,27,30). The second kappa shape index (κ2) is 11.1. The molecule has 0 saturated heterocycles. The van der Waals surface area contributed by atoms with Crippen LogP contribution in [0.4, 0.5) is 4.79 Å². The summed E-state index contributed by atoms with van der Waals surface area (Å²) >= 11 is 1.77. The molecule has 2 rings (SSSR count). The zero-order valence-corrected chi connectivity index (χ0v) is 21.7. The number of hydrogen-bond donors (Lipinski definition) is 1. The molecule has 1 aromatic carbocycles. The van der Waals surface area contributed by atoms with Gasteiger partial charge >= 0.3 is 6.09 Å². The number of rotatable bonds is 8. The highest BCUT2D eigenvalue weighted by atomic mass is 32.2. The lowest BCUT2D eigenvalue weighted by molar-refractivity contribution is 0.0525. The van der Waals surface area contributed by atoms with E-state index >= 15 is 0 Å². The quantitative estimate of drug-likeness (QED) is 0.477. The molecule has 1 N–H and O–H groups in total. The summed E-state index contributed by atoms with van der Waals surface area (Å²) in [5.74, 6) is 0. The Morgan fingerprint density at radius 3 is 2.28 bits per heavy atom. The van der Waals surface area contributed by atoms with Crippen LogP contribution in [0.1, 0.15) is 72.3 Å². The Kier molecular flexibility index (Phi) is 9.02. The maximum Gasteiger partial charge on any atom is 0.407 e. The number of ether oxygens (including phenoxy) is 1. The van der Waals surface area contributed by atoms with E-state index in [2.05, 4.69) is 76.4 Å². The smallest absolute Gasteiger partial charge is 0.407 e. The lowest BCUT2D eigenvalue weighted by Gasteiger charge is -2.19. The molecule has 0 saturated carbocycles. The molecule has 1 aromatic heterocycles. The average molecular weight is 458 g/mol. The number of benzene rings is 1. The van der Waals surface area contributed by atoms with E-state index in [1.165, 1.54) is 21.0 Å². The average Bonchev–Trinajstić information content (AvgIpc) is 3.01. The Hall–Kier alpha value is -2.21. The third-order valence-corrected chi connectivity index (χ3v) is 5.80. The first-order chi connectivity index (χ1) is 14.9. The topological polar surface area (TPSA) is 56.2 Å². The van der Waals surface area contributed by atoms with Gasteiger partial charge in [0, 0.05) is 11.4 Å². The summed E-state index contributed by atoms with van der Waals surface area (Å²) in [6.07, 6.45) is 5.77. The fourth-order valence-electron chi connectivity index (χ4n) is 3.10. The molecule has 0 bridgehead atoms. The van der Waals surface area contributed by atoms with Crippen molar-refractivity contribution in [1.29, 1.82) is 0 Å². The van der Waals surface area contributed by atoms with Crippen LogP contribution in [0.15, 0.2) is 40.1 Å². The molecule has 0 fully saturated rings. The van der Waals surface area contributed by atoms with Crippen molar-refractivity contribution >= 4 is 23.9 Å². The first-order valence-corrected chi connectivity index (χ1v) is 12.3. The molecule has 0 spiro atoms. The molecule has 176 valence electrons. The molecular weight excluding hydrogens is 418 g/mol. The fraction of sp³-hybridized carbons (Fsp3) is 0.538. The number of amides is 1. The molecule has 6 heteroatoms. The number of nitrogens with one attached hydrogen (secondary N) is 1. The fourth-order valence-corrected chi connectivity index (χ4v) is 4.28. The van der Waals surface area contributed by atoms with Gasteiger partial charge in [-0.15, -0.1) is 0 Å². The molecule has 0 unspecified atom stereocenters. The molecule has 0 aliphatic carbocycles. The van der Waals surface area contributed by atoms with Gasteiger partial charge in [0.2, 0.25) is 0 Å². The minimum atomic E-state index is -0.498.